The van der Waals surface area contributed by atoms with Crippen LogP contribution >= 0.6 is 11.3 Å². The molecule has 0 radical (unpaired) electrons. The molecule has 2 saturated heterocycles. The summed E-state index contributed by atoms with van der Waals surface area (Å²) in [6.07, 6.45) is 4.62. The van der Waals surface area contributed by atoms with Gasteiger partial charge < -0.3 is 9.80 Å². The van der Waals surface area contributed by atoms with Crippen LogP contribution in [0.1, 0.15) is 99.7 Å². The van der Waals surface area contributed by atoms with Gasteiger partial charge >= 0.3 is 0 Å². The Balaban J connectivity index is 0.721. The number of nitrogens with zero attached hydrogens (tertiary/aromatic N) is 7. The molecule has 6 aromatic rings. The first-order chi connectivity index (χ1) is 30.9. The van der Waals surface area contributed by atoms with E-state index in [9.17, 15) is 0 Å². The van der Waals surface area contributed by atoms with Crippen LogP contribution in [0.3, 0.4) is 0 Å². The molecule has 3 fully saturated rings. The molecule has 0 unspecified atom stereocenters. The summed E-state index contributed by atoms with van der Waals surface area (Å²) in [7, 11) is 0. The van der Waals surface area contributed by atoms with Crippen molar-refractivity contribution in [2.24, 2.45) is 16.3 Å². The standard InChI is InChI=1S/C53H54F3N7S/c1-31-13-18-40-38(23-31)9-8-11-42(41-10-6-7-12-44(41)54)49(40)43-24-46(56)47(25-45(43)55)61-21-19-60(20-22-61)28-36-26-53(27-36)29-62(30-53)39-16-14-37(15-17-39)50-48-32(2)34(4)64-52(48)63-35(5)58-59-51(63)33(3)57-50/h6-7,10,12-18,23-25,33,36H,8-9,11,19-22,26-30H2,1-5H3/t33-/m0/s1. The van der Waals surface area contributed by atoms with E-state index in [-0.39, 0.29) is 17.4 Å². The Hall–Kier alpha value is -5.52. The van der Waals surface area contributed by atoms with Gasteiger partial charge in [0.05, 0.1) is 11.4 Å². The molecule has 11 rings (SSSR count). The van der Waals surface area contributed by atoms with Gasteiger partial charge in [-0.25, -0.2) is 13.2 Å². The first-order valence-electron chi connectivity index (χ1n) is 22.9. The molecule has 328 valence electrons. The molecule has 5 heterocycles. The number of piperazine rings is 1. The maximum absolute atomic E-state index is 16.5. The zero-order valence-corrected chi connectivity index (χ0v) is 38.1. The number of anilines is 2. The van der Waals surface area contributed by atoms with Crippen LogP contribution in [-0.4, -0.2) is 71.2 Å². The number of hydrogen-bond acceptors (Lipinski definition) is 7. The van der Waals surface area contributed by atoms with Crippen molar-refractivity contribution < 1.29 is 13.2 Å². The Morgan fingerprint density at radius 3 is 2.28 bits per heavy atom. The summed E-state index contributed by atoms with van der Waals surface area (Å²) in [5.41, 5.74) is 11.6. The number of thiophene rings is 1. The first kappa shape index (κ1) is 41.2. The van der Waals surface area contributed by atoms with E-state index in [1.54, 1.807) is 29.5 Å². The molecule has 64 heavy (non-hydrogen) atoms. The number of rotatable bonds is 7. The molecule has 0 N–H and O–H groups in total. The normalized spacial score (nSPS) is 19.7. The second kappa shape index (κ2) is 15.9. The summed E-state index contributed by atoms with van der Waals surface area (Å²) in [4.78, 5) is 13.5. The summed E-state index contributed by atoms with van der Waals surface area (Å²) in [5.74, 6) is 1.16. The average Bonchev–Trinajstić information content (AvgIpc) is 3.67. The quantitative estimate of drug-likeness (QED) is 0.160. The second-order valence-corrected chi connectivity index (χ2v) is 20.4. The number of fused-ring (bicyclic) bond motifs is 4. The number of halogens is 3. The van der Waals surface area contributed by atoms with Crippen molar-refractivity contribution in [1.29, 1.82) is 0 Å². The Kier molecular flexibility index (Phi) is 10.2. The van der Waals surface area contributed by atoms with Crippen LogP contribution in [-0.2, 0) is 6.42 Å². The molecule has 5 aliphatic rings. The van der Waals surface area contributed by atoms with Crippen molar-refractivity contribution in [1.82, 2.24) is 19.7 Å². The molecule has 7 nitrogen and oxygen atoms in total. The predicted octanol–water partition coefficient (Wildman–Crippen LogP) is 11.2. The number of benzene rings is 4. The summed E-state index contributed by atoms with van der Waals surface area (Å²) >= 11 is 1.79. The lowest BCUT2D eigenvalue weighted by atomic mass is 9.57. The number of aliphatic imine (C=N–C) groups is 1. The minimum absolute atomic E-state index is 0.103. The minimum Gasteiger partial charge on any atom is -0.370 e. The summed E-state index contributed by atoms with van der Waals surface area (Å²) in [5, 5.41) is 10.1. The van der Waals surface area contributed by atoms with E-state index in [4.69, 9.17) is 4.99 Å². The monoisotopic (exact) mass is 877 g/mol. The Morgan fingerprint density at radius 1 is 0.750 bits per heavy atom. The van der Waals surface area contributed by atoms with E-state index < -0.39 is 11.6 Å². The van der Waals surface area contributed by atoms with Crippen molar-refractivity contribution in [3.05, 3.63) is 157 Å². The molecule has 2 aliphatic carbocycles. The molecule has 1 spiro atoms. The van der Waals surface area contributed by atoms with Crippen LogP contribution in [0, 0.1) is 56.5 Å². The fraction of sp³-hybridized carbons (Fsp3) is 0.377. The summed E-state index contributed by atoms with van der Waals surface area (Å²) < 4.78 is 50.3. The van der Waals surface area contributed by atoms with Gasteiger partial charge in [0.1, 0.15) is 34.3 Å². The Bertz CT molecular complexity index is 2870. The first-order valence-corrected chi connectivity index (χ1v) is 23.8. The van der Waals surface area contributed by atoms with Gasteiger partial charge in [-0.05, 0) is 125 Å². The van der Waals surface area contributed by atoms with Gasteiger partial charge in [0.15, 0.2) is 5.82 Å². The van der Waals surface area contributed by atoms with Crippen LogP contribution in [0.4, 0.5) is 24.5 Å². The highest BCUT2D eigenvalue weighted by molar-refractivity contribution is 7.15. The van der Waals surface area contributed by atoms with Gasteiger partial charge in [0.25, 0.3) is 0 Å². The molecule has 2 aromatic heterocycles. The van der Waals surface area contributed by atoms with E-state index in [2.05, 4.69) is 75.7 Å². The van der Waals surface area contributed by atoms with Crippen LogP contribution in [0.15, 0.2) is 83.9 Å². The third kappa shape index (κ3) is 7.01. The fourth-order valence-corrected chi connectivity index (χ4v) is 12.7. The zero-order chi connectivity index (χ0) is 44.0. The average molecular weight is 878 g/mol. The van der Waals surface area contributed by atoms with E-state index in [1.807, 2.05) is 30.9 Å². The predicted molar refractivity (Wildman–Crippen MR) is 253 cm³/mol. The number of aryl methyl sites for hydroxylation is 4. The maximum atomic E-state index is 16.5. The van der Waals surface area contributed by atoms with Gasteiger partial charge in [-0.3, -0.25) is 14.5 Å². The summed E-state index contributed by atoms with van der Waals surface area (Å²) in [6, 6.07) is 24.4. The van der Waals surface area contributed by atoms with E-state index in [1.165, 1.54) is 52.7 Å². The summed E-state index contributed by atoms with van der Waals surface area (Å²) in [6.45, 7) is 16.7. The Morgan fingerprint density at radius 2 is 1.52 bits per heavy atom. The van der Waals surface area contributed by atoms with Crippen LogP contribution in [0.2, 0.25) is 0 Å². The molecule has 3 aliphatic heterocycles. The molecular formula is C53H54F3N7S. The highest BCUT2D eigenvalue weighted by Crippen LogP contribution is 2.53. The van der Waals surface area contributed by atoms with Gasteiger partial charge in [-0.2, -0.15) is 0 Å². The Labute approximate surface area is 378 Å². The van der Waals surface area contributed by atoms with E-state index >= 15 is 13.2 Å². The zero-order valence-electron chi connectivity index (χ0n) is 37.3. The van der Waals surface area contributed by atoms with Gasteiger partial charge in [0, 0.05) is 90.1 Å². The van der Waals surface area contributed by atoms with Crippen molar-refractivity contribution in [3.63, 3.8) is 0 Å². The number of allylic oxidation sites excluding steroid dienone is 1. The van der Waals surface area contributed by atoms with Crippen LogP contribution in [0.5, 0.6) is 0 Å². The molecule has 1 saturated carbocycles. The molecule has 11 heteroatoms. The number of aromatic nitrogens is 3. The number of hydrogen-bond donors (Lipinski definition) is 0. The molecule has 0 bridgehead atoms. The lowest BCUT2D eigenvalue weighted by Gasteiger charge is -2.60. The van der Waals surface area contributed by atoms with Crippen molar-refractivity contribution in [2.45, 2.75) is 72.8 Å². The van der Waals surface area contributed by atoms with E-state index in [0.29, 0.717) is 47.7 Å². The lowest BCUT2D eigenvalue weighted by Crippen LogP contribution is -2.64. The molecule has 4 aromatic carbocycles. The third-order valence-corrected chi connectivity index (χ3v) is 16.0. The van der Waals surface area contributed by atoms with Gasteiger partial charge in [-0.15, -0.1) is 21.5 Å². The van der Waals surface area contributed by atoms with E-state index in [0.717, 1.165) is 95.8 Å². The van der Waals surface area contributed by atoms with Crippen molar-refractivity contribution in [2.75, 3.05) is 55.6 Å². The second-order valence-electron chi connectivity index (χ2n) is 19.2. The van der Waals surface area contributed by atoms with Crippen molar-refractivity contribution in [3.8, 4) is 5.00 Å². The molecular weight excluding hydrogens is 824 g/mol. The van der Waals surface area contributed by atoms with Gasteiger partial charge in [0.2, 0.25) is 0 Å². The molecule has 1 atom stereocenters. The van der Waals surface area contributed by atoms with Crippen molar-refractivity contribution >= 4 is 39.6 Å². The largest absolute Gasteiger partial charge is 0.370 e. The maximum Gasteiger partial charge on any atom is 0.162 e. The van der Waals surface area contributed by atoms with Crippen LogP contribution in [0.25, 0.3) is 16.1 Å². The van der Waals surface area contributed by atoms with Crippen LogP contribution < -0.4 is 9.80 Å². The third-order valence-electron chi connectivity index (χ3n) is 14.8. The SMILES string of the molecule is Cc1ccc2c(c1)CCCC(c1ccccc1F)=C2c1cc(F)c(N2CCN(CC3CC4(C3)CN(c3ccc(C5=N[C@@H](C)c6nnc(C)n6-c6sc(C)c(C)c65)cc3)C4)CC2)cc1F. The molecule has 0 amide bonds. The smallest absolute Gasteiger partial charge is 0.162 e. The highest BCUT2D eigenvalue weighted by atomic mass is 32.1. The topological polar surface area (TPSA) is 52.8 Å². The minimum atomic E-state index is -0.478. The van der Waals surface area contributed by atoms with Gasteiger partial charge in [-0.1, -0.05) is 54.1 Å². The fourth-order valence-electron chi connectivity index (χ4n) is 11.5. The highest BCUT2D eigenvalue weighted by Gasteiger charge is 2.52. The lowest BCUT2D eigenvalue weighted by molar-refractivity contribution is 0.00320.